The maximum Gasteiger partial charge on any atom is 0.331 e. The third-order valence-electron chi connectivity index (χ3n) is 4.35. The van der Waals surface area contributed by atoms with Crippen LogP contribution in [0, 0.1) is 6.92 Å². The molecule has 1 aromatic heterocycles. The van der Waals surface area contributed by atoms with Crippen molar-refractivity contribution in [1.29, 1.82) is 0 Å². The average molecular weight is 398 g/mol. The van der Waals surface area contributed by atoms with E-state index in [9.17, 15) is 14.4 Å². The van der Waals surface area contributed by atoms with E-state index in [1.54, 1.807) is 18.2 Å². The summed E-state index contributed by atoms with van der Waals surface area (Å²) >= 11 is 6.14. The van der Waals surface area contributed by atoms with Crippen LogP contribution in [0.15, 0.2) is 70.4 Å². The number of nitrogens with one attached hydrogen (secondary N) is 1. The molecular formula is C21H20ClN3O3. The fourth-order valence-electron chi connectivity index (χ4n) is 2.74. The van der Waals surface area contributed by atoms with Crippen molar-refractivity contribution in [2.45, 2.75) is 26.6 Å². The van der Waals surface area contributed by atoms with Gasteiger partial charge in [0.25, 0.3) is 5.56 Å². The second-order valence-corrected chi connectivity index (χ2v) is 6.91. The zero-order chi connectivity index (χ0) is 20.1. The Bertz CT molecular complexity index is 1100. The van der Waals surface area contributed by atoms with E-state index in [0.717, 1.165) is 21.3 Å². The van der Waals surface area contributed by atoms with Gasteiger partial charge in [0.05, 0.1) is 6.54 Å². The molecule has 0 aliphatic heterocycles. The molecule has 0 saturated heterocycles. The Balaban J connectivity index is 1.73. The van der Waals surface area contributed by atoms with Crippen molar-refractivity contribution in [2.24, 2.45) is 0 Å². The molecule has 0 spiro atoms. The lowest BCUT2D eigenvalue weighted by Gasteiger charge is -2.11. The summed E-state index contributed by atoms with van der Waals surface area (Å²) in [5, 5.41) is 3.26. The van der Waals surface area contributed by atoms with Crippen LogP contribution < -0.4 is 16.6 Å². The van der Waals surface area contributed by atoms with Gasteiger partial charge < -0.3 is 5.32 Å². The number of aromatic nitrogens is 2. The Morgan fingerprint density at radius 2 is 1.75 bits per heavy atom. The van der Waals surface area contributed by atoms with Gasteiger partial charge in [0.1, 0.15) is 6.54 Å². The molecule has 0 aliphatic carbocycles. The molecular weight excluding hydrogens is 378 g/mol. The van der Waals surface area contributed by atoms with Crippen molar-refractivity contribution in [3.8, 4) is 0 Å². The van der Waals surface area contributed by atoms with Gasteiger partial charge in [0, 0.05) is 23.8 Å². The van der Waals surface area contributed by atoms with Gasteiger partial charge in [-0.1, -0.05) is 59.6 Å². The highest BCUT2D eigenvalue weighted by Gasteiger charge is 2.11. The lowest BCUT2D eigenvalue weighted by molar-refractivity contribution is -0.121. The average Bonchev–Trinajstić information content (AvgIpc) is 2.68. The van der Waals surface area contributed by atoms with E-state index >= 15 is 0 Å². The Morgan fingerprint density at radius 1 is 1.04 bits per heavy atom. The molecule has 2 aromatic carbocycles. The number of hydrogen-bond acceptors (Lipinski definition) is 3. The molecule has 0 aliphatic rings. The van der Waals surface area contributed by atoms with Crippen LogP contribution in [0.5, 0.6) is 0 Å². The first-order chi connectivity index (χ1) is 13.4. The molecule has 1 N–H and O–H groups in total. The third kappa shape index (κ3) is 4.78. The largest absolute Gasteiger partial charge is 0.350 e. The van der Waals surface area contributed by atoms with Crippen molar-refractivity contribution >= 4 is 17.5 Å². The van der Waals surface area contributed by atoms with Crippen molar-refractivity contribution < 1.29 is 4.79 Å². The van der Waals surface area contributed by atoms with Gasteiger partial charge in [0.15, 0.2) is 0 Å². The summed E-state index contributed by atoms with van der Waals surface area (Å²) in [4.78, 5) is 37.0. The molecule has 1 amide bonds. The first-order valence-corrected chi connectivity index (χ1v) is 9.18. The van der Waals surface area contributed by atoms with Gasteiger partial charge in [-0.25, -0.2) is 4.79 Å². The maximum absolute atomic E-state index is 12.7. The van der Waals surface area contributed by atoms with Crippen LogP contribution in [-0.2, 0) is 24.4 Å². The number of carbonyl (C=O) groups is 1. The molecule has 144 valence electrons. The van der Waals surface area contributed by atoms with Crippen molar-refractivity contribution in [3.05, 3.63) is 103 Å². The zero-order valence-corrected chi connectivity index (χ0v) is 16.1. The Kier molecular flexibility index (Phi) is 6.11. The van der Waals surface area contributed by atoms with Crippen LogP contribution in [0.2, 0.25) is 5.02 Å². The topological polar surface area (TPSA) is 73.1 Å². The summed E-state index contributed by atoms with van der Waals surface area (Å²) in [6.45, 7) is 2.18. The number of amides is 1. The second kappa shape index (κ2) is 8.71. The van der Waals surface area contributed by atoms with Gasteiger partial charge in [-0.2, -0.15) is 0 Å². The Morgan fingerprint density at radius 3 is 2.46 bits per heavy atom. The Hall–Kier alpha value is -3.12. The van der Waals surface area contributed by atoms with Crippen LogP contribution in [0.25, 0.3) is 0 Å². The van der Waals surface area contributed by atoms with Crippen LogP contribution in [0.4, 0.5) is 0 Å². The predicted octanol–water partition coefficient (Wildman–Crippen LogP) is 2.34. The number of nitrogens with zero attached hydrogens (tertiary/aromatic N) is 2. The molecule has 3 rings (SSSR count). The molecule has 0 radical (unpaired) electrons. The van der Waals surface area contributed by atoms with E-state index < -0.39 is 17.2 Å². The van der Waals surface area contributed by atoms with Crippen molar-refractivity contribution in [2.75, 3.05) is 0 Å². The highest BCUT2D eigenvalue weighted by atomic mass is 35.5. The SMILES string of the molecule is Cc1ccc(CNC(=O)Cn2c(=O)ccn(Cc3ccccc3Cl)c2=O)cc1. The molecule has 0 fully saturated rings. The number of rotatable bonds is 6. The second-order valence-electron chi connectivity index (χ2n) is 6.50. The molecule has 1 heterocycles. The molecule has 0 atom stereocenters. The fourth-order valence-corrected chi connectivity index (χ4v) is 2.93. The Labute approximate surface area is 167 Å². The van der Waals surface area contributed by atoms with Crippen molar-refractivity contribution in [3.63, 3.8) is 0 Å². The van der Waals surface area contributed by atoms with E-state index in [0.29, 0.717) is 11.6 Å². The number of halogens is 1. The van der Waals surface area contributed by atoms with Gasteiger partial charge in [0.2, 0.25) is 5.91 Å². The normalized spacial score (nSPS) is 10.6. The summed E-state index contributed by atoms with van der Waals surface area (Å²) in [5.41, 5.74) is 1.74. The zero-order valence-electron chi connectivity index (χ0n) is 15.4. The van der Waals surface area contributed by atoms with E-state index in [1.165, 1.54) is 16.8 Å². The van der Waals surface area contributed by atoms with Gasteiger partial charge in [-0.3, -0.25) is 18.7 Å². The van der Waals surface area contributed by atoms with E-state index in [2.05, 4.69) is 5.32 Å². The molecule has 3 aromatic rings. The summed E-state index contributed by atoms with van der Waals surface area (Å²) in [5.74, 6) is -0.407. The van der Waals surface area contributed by atoms with Crippen molar-refractivity contribution in [1.82, 2.24) is 14.5 Å². The lowest BCUT2D eigenvalue weighted by atomic mass is 10.1. The van der Waals surface area contributed by atoms with E-state index in [4.69, 9.17) is 11.6 Å². The van der Waals surface area contributed by atoms with Crippen LogP contribution in [-0.4, -0.2) is 15.0 Å². The standard InChI is InChI=1S/C21H20ClN3O3/c1-15-6-8-16(9-7-15)12-23-19(26)14-25-20(27)10-11-24(21(25)28)13-17-4-2-3-5-18(17)22/h2-11H,12-14H2,1H3,(H,23,26). The summed E-state index contributed by atoms with van der Waals surface area (Å²) < 4.78 is 2.27. The third-order valence-corrected chi connectivity index (χ3v) is 4.72. The molecule has 6 nitrogen and oxygen atoms in total. The van der Waals surface area contributed by atoms with E-state index in [1.807, 2.05) is 37.3 Å². The molecule has 0 bridgehead atoms. The van der Waals surface area contributed by atoms with Crippen LogP contribution in [0.1, 0.15) is 16.7 Å². The molecule has 28 heavy (non-hydrogen) atoms. The van der Waals surface area contributed by atoms with Gasteiger partial charge in [-0.05, 0) is 24.1 Å². The first-order valence-electron chi connectivity index (χ1n) is 8.80. The van der Waals surface area contributed by atoms with Gasteiger partial charge >= 0.3 is 5.69 Å². The highest BCUT2D eigenvalue weighted by Crippen LogP contribution is 2.15. The summed E-state index contributed by atoms with van der Waals surface area (Å²) in [6, 6.07) is 16.2. The monoisotopic (exact) mass is 397 g/mol. The number of hydrogen-bond donors (Lipinski definition) is 1. The highest BCUT2D eigenvalue weighted by molar-refractivity contribution is 6.31. The van der Waals surface area contributed by atoms with Crippen LogP contribution in [0.3, 0.4) is 0 Å². The molecule has 7 heteroatoms. The smallest absolute Gasteiger partial charge is 0.331 e. The summed E-state index contributed by atoms with van der Waals surface area (Å²) in [6.07, 6.45) is 1.41. The fraction of sp³-hybridized carbons (Fsp3) is 0.190. The van der Waals surface area contributed by atoms with Gasteiger partial charge in [-0.15, -0.1) is 0 Å². The minimum absolute atomic E-state index is 0.212. The minimum Gasteiger partial charge on any atom is -0.350 e. The number of aryl methyl sites for hydroxylation is 1. The predicted molar refractivity (Wildman–Crippen MR) is 109 cm³/mol. The first kappa shape index (κ1) is 19.6. The number of carbonyl (C=O) groups excluding carboxylic acids is 1. The minimum atomic E-state index is -0.557. The number of benzene rings is 2. The summed E-state index contributed by atoms with van der Waals surface area (Å²) in [7, 11) is 0. The molecule has 0 unspecified atom stereocenters. The van der Waals surface area contributed by atoms with Crippen LogP contribution >= 0.6 is 11.6 Å². The molecule has 0 saturated carbocycles. The quantitative estimate of drug-likeness (QED) is 0.693. The van der Waals surface area contributed by atoms with E-state index in [-0.39, 0.29) is 13.1 Å². The lowest BCUT2D eigenvalue weighted by Crippen LogP contribution is -2.43. The maximum atomic E-state index is 12.7.